The van der Waals surface area contributed by atoms with Crippen LogP contribution in [0, 0.1) is 0 Å². The van der Waals surface area contributed by atoms with E-state index in [0.29, 0.717) is 12.5 Å². The predicted molar refractivity (Wildman–Crippen MR) is 63.8 cm³/mol. The molecule has 0 radical (unpaired) electrons. The van der Waals surface area contributed by atoms with Crippen molar-refractivity contribution in [3.05, 3.63) is 28.4 Å². The highest BCUT2D eigenvalue weighted by Crippen LogP contribution is 2.28. The Morgan fingerprint density at radius 2 is 2.33 bits per heavy atom. The Morgan fingerprint density at radius 1 is 1.53 bits per heavy atom. The van der Waals surface area contributed by atoms with E-state index >= 15 is 0 Å². The van der Waals surface area contributed by atoms with Crippen molar-refractivity contribution in [3.63, 3.8) is 0 Å². The zero-order valence-corrected chi connectivity index (χ0v) is 10.1. The van der Waals surface area contributed by atoms with Crippen LogP contribution in [0.25, 0.3) is 10.9 Å². The van der Waals surface area contributed by atoms with Gasteiger partial charge < -0.3 is 10.3 Å². The average Bonchev–Trinajstić information content (AvgIpc) is 2.60. The topological polar surface area (TPSA) is 52.0 Å². The van der Waals surface area contributed by atoms with Gasteiger partial charge in [0.15, 0.2) is 0 Å². The second-order valence-corrected chi connectivity index (χ2v) is 4.60. The molecule has 0 aliphatic heterocycles. The van der Waals surface area contributed by atoms with E-state index in [1.165, 1.54) is 0 Å². The summed E-state index contributed by atoms with van der Waals surface area (Å²) in [7, 11) is 0. The van der Waals surface area contributed by atoms with E-state index in [1.807, 2.05) is 18.2 Å². The first-order chi connectivity index (χ1) is 7.22. The van der Waals surface area contributed by atoms with Crippen molar-refractivity contribution in [3.8, 4) is 0 Å². The molecular formula is C11H13BrN2O. The maximum absolute atomic E-state index is 5.53. The smallest absolute Gasteiger partial charge is 0.147 e. The van der Waals surface area contributed by atoms with E-state index in [9.17, 15) is 0 Å². The standard InChI is InChI=1S/C11H13BrN2O/c1-7(4-5-13)11-9-3-2-8(12)6-10(9)14-15-11/h2-3,6-7H,4-5,13H2,1H3. The molecule has 1 aromatic heterocycles. The monoisotopic (exact) mass is 268 g/mol. The number of nitrogens with zero attached hydrogens (tertiary/aromatic N) is 1. The molecule has 1 atom stereocenters. The van der Waals surface area contributed by atoms with Gasteiger partial charge >= 0.3 is 0 Å². The van der Waals surface area contributed by atoms with Crippen LogP contribution < -0.4 is 5.73 Å². The number of hydrogen-bond acceptors (Lipinski definition) is 3. The van der Waals surface area contributed by atoms with Crippen molar-refractivity contribution in [2.75, 3.05) is 6.54 Å². The SMILES string of the molecule is CC(CCN)c1onc2cc(Br)ccc12. The Hall–Kier alpha value is -0.870. The van der Waals surface area contributed by atoms with Crippen LogP contribution in [-0.4, -0.2) is 11.7 Å². The van der Waals surface area contributed by atoms with Crippen molar-refractivity contribution in [2.45, 2.75) is 19.3 Å². The van der Waals surface area contributed by atoms with Crippen molar-refractivity contribution in [1.82, 2.24) is 5.16 Å². The minimum absolute atomic E-state index is 0.321. The lowest BCUT2D eigenvalue weighted by Gasteiger charge is -2.05. The summed E-state index contributed by atoms with van der Waals surface area (Å²) in [5.74, 6) is 1.25. The van der Waals surface area contributed by atoms with E-state index in [4.69, 9.17) is 10.3 Å². The van der Waals surface area contributed by atoms with Crippen LogP contribution in [0.2, 0.25) is 0 Å². The van der Waals surface area contributed by atoms with Gasteiger partial charge in [-0.05, 0) is 31.2 Å². The number of rotatable bonds is 3. The fourth-order valence-electron chi connectivity index (χ4n) is 1.67. The van der Waals surface area contributed by atoms with Gasteiger partial charge in [0.2, 0.25) is 0 Å². The van der Waals surface area contributed by atoms with Gasteiger partial charge in [0.05, 0.1) is 0 Å². The molecule has 4 heteroatoms. The first-order valence-electron chi connectivity index (χ1n) is 4.97. The maximum atomic E-state index is 5.53. The van der Waals surface area contributed by atoms with E-state index in [-0.39, 0.29) is 0 Å². The summed E-state index contributed by atoms with van der Waals surface area (Å²) in [6.07, 6.45) is 0.917. The predicted octanol–water partition coefficient (Wildman–Crippen LogP) is 3.04. The average molecular weight is 269 g/mol. The van der Waals surface area contributed by atoms with Crippen molar-refractivity contribution in [1.29, 1.82) is 0 Å². The fraction of sp³-hybridized carbons (Fsp3) is 0.364. The van der Waals surface area contributed by atoms with Crippen molar-refractivity contribution >= 4 is 26.8 Å². The number of hydrogen-bond donors (Lipinski definition) is 1. The Balaban J connectivity index is 2.44. The second-order valence-electron chi connectivity index (χ2n) is 3.69. The number of benzene rings is 1. The van der Waals surface area contributed by atoms with Crippen molar-refractivity contribution in [2.24, 2.45) is 5.73 Å². The molecule has 1 unspecified atom stereocenters. The van der Waals surface area contributed by atoms with Gasteiger partial charge in [-0.2, -0.15) is 0 Å². The molecular weight excluding hydrogens is 256 g/mol. The zero-order valence-electron chi connectivity index (χ0n) is 8.53. The highest BCUT2D eigenvalue weighted by Gasteiger charge is 2.14. The third kappa shape index (κ3) is 2.06. The van der Waals surface area contributed by atoms with Gasteiger partial charge in [-0.3, -0.25) is 0 Å². The van der Waals surface area contributed by atoms with Crippen LogP contribution in [0.4, 0.5) is 0 Å². The molecule has 0 saturated heterocycles. The Morgan fingerprint density at radius 3 is 3.07 bits per heavy atom. The molecule has 2 rings (SSSR count). The minimum Gasteiger partial charge on any atom is -0.360 e. The molecule has 80 valence electrons. The molecule has 3 nitrogen and oxygen atoms in total. The number of nitrogens with two attached hydrogens (primary N) is 1. The van der Waals surface area contributed by atoms with Gasteiger partial charge in [0.1, 0.15) is 11.3 Å². The first kappa shape index (κ1) is 10.6. The van der Waals surface area contributed by atoms with E-state index in [0.717, 1.165) is 27.6 Å². The normalized spacial score (nSPS) is 13.3. The summed E-state index contributed by atoms with van der Waals surface area (Å²) in [5, 5.41) is 5.12. The molecule has 1 aromatic carbocycles. The maximum Gasteiger partial charge on any atom is 0.147 e. The third-order valence-corrected chi connectivity index (χ3v) is 3.01. The van der Waals surface area contributed by atoms with Gasteiger partial charge in [-0.25, -0.2) is 0 Å². The largest absolute Gasteiger partial charge is 0.360 e. The number of fused-ring (bicyclic) bond motifs is 1. The summed E-state index contributed by atoms with van der Waals surface area (Å²) in [6, 6.07) is 5.98. The van der Waals surface area contributed by atoms with Gasteiger partial charge in [-0.1, -0.05) is 28.0 Å². The summed E-state index contributed by atoms with van der Waals surface area (Å²) in [6.45, 7) is 2.77. The molecule has 15 heavy (non-hydrogen) atoms. The van der Waals surface area contributed by atoms with Crippen LogP contribution >= 0.6 is 15.9 Å². The molecule has 2 N–H and O–H groups in total. The Bertz CT molecular complexity index is 467. The molecule has 0 amide bonds. The zero-order chi connectivity index (χ0) is 10.8. The van der Waals surface area contributed by atoms with E-state index < -0.39 is 0 Å². The molecule has 0 aliphatic rings. The highest BCUT2D eigenvalue weighted by molar-refractivity contribution is 9.10. The second kappa shape index (κ2) is 4.33. The molecule has 0 spiro atoms. The Kier molecular flexibility index (Phi) is 3.07. The fourth-order valence-corrected chi connectivity index (χ4v) is 2.02. The minimum atomic E-state index is 0.321. The van der Waals surface area contributed by atoms with Crippen LogP contribution in [0.5, 0.6) is 0 Å². The summed E-state index contributed by atoms with van der Waals surface area (Å²) in [5.41, 5.74) is 6.43. The van der Waals surface area contributed by atoms with Gasteiger partial charge in [0.25, 0.3) is 0 Å². The lowest BCUT2D eigenvalue weighted by molar-refractivity contribution is 0.368. The van der Waals surface area contributed by atoms with Gasteiger partial charge in [0, 0.05) is 15.8 Å². The number of aromatic nitrogens is 1. The third-order valence-electron chi connectivity index (χ3n) is 2.51. The summed E-state index contributed by atoms with van der Waals surface area (Å²) in [4.78, 5) is 0. The quantitative estimate of drug-likeness (QED) is 0.931. The number of halogens is 1. The van der Waals surface area contributed by atoms with E-state index in [1.54, 1.807) is 0 Å². The molecule has 0 aliphatic carbocycles. The van der Waals surface area contributed by atoms with Crippen LogP contribution in [0.15, 0.2) is 27.2 Å². The summed E-state index contributed by atoms with van der Waals surface area (Å²) >= 11 is 3.41. The van der Waals surface area contributed by atoms with E-state index in [2.05, 4.69) is 28.0 Å². The molecule has 0 saturated carbocycles. The summed E-state index contributed by atoms with van der Waals surface area (Å²) < 4.78 is 6.37. The lowest BCUT2D eigenvalue weighted by atomic mass is 10.0. The highest BCUT2D eigenvalue weighted by atomic mass is 79.9. The molecule has 1 heterocycles. The Labute approximate surface area is 96.7 Å². The van der Waals surface area contributed by atoms with Gasteiger partial charge in [-0.15, -0.1) is 0 Å². The first-order valence-corrected chi connectivity index (χ1v) is 5.76. The lowest BCUT2D eigenvalue weighted by Crippen LogP contribution is -2.03. The van der Waals surface area contributed by atoms with Crippen LogP contribution in [0.1, 0.15) is 25.0 Å². The molecule has 0 bridgehead atoms. The van der Waals surface area contributed by atoms with Crippen LogP contribution in [0.3, 0.4) is 0 Å². The molecule has 0 fully saturated rings. The molecule has 2 aromatic rings. The van der Waals surface area contributed by atoms with Crippen LogP contribution in [-0.2, 0) is 0 Å². The van der Waals surface area contributed by atoms with Crippen molar-refractivity contribution < 1.29 is 4.52 Å².